The summed E-state index contributed by atoms with van der Waals surface area (Å²) in [4.78, 5) is 21.9. The van der Waals surface area contributed by atoms with E-state index in [1.165, 1.54) is 6.26 Å². The van der Waals surface area contributed by atoms with Gasteiger partial charge in [0.15, 0.2) is 21.5 Å². The van der Waals surface area contributed by atoms with Crippen molar-refractivity contribution in [1.82, 2.24) is 19.9 Å². The number of thiophene rings is 1. The van der Waals surface area contributed by atoms with Crippen molar-refractivity contribution >= 4 is 43.2 Å². The van der Waals surface area contributed by atoms with Crippen molar-refractivity contribution in [1.29, 1.82) is 0 Å². The van der Waals surface area contributed by atoms with Crippen LogP contribution >= 0.6 is 11.3 Å². The summed E-state index contributed by atoms with van der Waals surface area (Å²) in [6.45, 7) is 4.75. The molecule has 3 aromatic heterocycles. The van der Waals surface area contributed by atoms with E-state index in [0.29, 0.717) is 29.9 Å². The molecule has 5 rings (SSSR count). The van der Waals surface area contributed by atoms with E-state index >= 15 is 0 Å². The Bertz CT molecular complexity index is 1460. The highest BCUT2D eigenvalue weighted by atomic mass is 32.2. The van der Waals surface area contributed by atoms with Crippen LogP contribution < -0.4 is 10.2 Å². The molecule has 9 nitrogen and oxygen atoms in total. The van der Waals surface area contributed by atoms with Crippen LogP contribution in [0, 0.1) is 6.92 Å². The number of hydrogen-bond donors (Lipinski definition) is 1. The number of nitrogens with one attached hydrogen (secondary N) is 1. The molecule has 4 aromatic rings. The highest BCUT2D eigenvalue weighted by Crippen LogP contribution is 2.42. The van der Waals surface area contributed by atoms with Gasteiger partial charge in [-0.2, -0.15) is 0 Å². The summed E-state index contributed by atoms with van der Waals surface area (Å²) in [6.07, 6.45) is 4.64. The van der Waals surface area contributed by atoms with Gasteiger partial charge in [-0.15, -0.1) is 11.3 Å². The summed E-state index contributed by atoms with van der Waals surface area (Å²) in [5.41, 5.74) is 3.40. The first-order chi connectivity index (χ1) is 16.3. The normalized spacial score (nSPS) is 14.5. The second kappa shape index (κ2) is 8.90. The highest BCUT2D eigenvalue weighted by Gasteiger charge is 2.23. The zero-order valence-corrected chi connectivity index (χ0v) is 20.7. The van der Waals surface area contributed by atoms with Gasteiger partial charge >= 0.3 is 0 Å². The predicted octanol–water partition coefficient (Wildman–Crippen LogP) is 3.41. The minimum atomic E-state index is -3.31. The second-order valence-electron chi connectivity index (χ2n) is 8.05. The molecule has 0 radical (unpaired) electrons. The van der Waals surface area contributed by atoms with Gasteiger partial charge in [0.1, 0.15) is 0 Å². The van der Waals surface area contributed by atoms with Gasteiger partial charge in [-0.1, -0.05) is 12.1 Å². The third kappa shape index (κ3) is 4.22. The van der Waals surface area contributed by atoms with Crippen molar-refractivity contribution in [2.45, 2.75) is 11.8 Å². The Hall–Kier alpha value is -3.15. The summed E-state index contributed by atoms with van der Waals surface area (Å²) in [6, 6.07) is 7.04. The Kier molecular flexibility index (Phi) is 5.92. The molecule has 0 saturated carbocycles. The molecule has 0 aliphatic carbocycles. The van der Waals surface area contributed by atoms with Crippen molar-refractivity contribution < 1.29 is 13.2 Å². The van der Waals surface area contributed by atoms with Crippen LogP contribution in [-0.2, 0) is 14.6 Å². The number of morpholine rings is 1. The van der Waals surface area contributed by atoms with Crippen molar-refractivity contribution in [3.8, 4) is 21.8 Å². The fraction of sp³-hybridized carbons (Fsp3) is 0.304. The van der Waals surface area contributed by atoms with Crippen LogP contribution in [0.1, 0.15) is 5.56 Å². The van der Waals surface area contributed by atoms with Crippen LogP contribution in [0.25, 0.3) is 32.0 Å². The zero-order chi connectivity index (χ0) is 23.9. The van der Waals surface area contributed by atoms with E-state index in [9.17, 15) is 8.42 Å². The first kappa shape index (κ1) is 22.6. The Labute approximate surface area is 201 Å². The van der Waals surface area contributed by atoms with Crippen molar-refractivity contribution in [3.05, 3.63) is 42.2 Å². The van der Waals surface area contributed by atoms with Crippen molar-refractivity contribution in [2.24, 2.45) is 0 Å². The largest absolute Gasteiger partial charge is 0.378 e. The Morgan fingerprint density at radius 1 is 1.09 bits per heavy atom. The summed E-state index contributed by atoms with van der Waals surface area (Å²) in [5.74, 6) is 1.92. The van der Waals surface area contributed by atoms with E-state index in [-0.39, 0.29) is 0 Å². The lowest BCUT2D eigenvalue weighted by atomic mass is 10.1. The van der Waals surface area contributed by atoms with Gasteiger partial charge in [0, 0.05) is 43.7 Å². The second-order valence-corrected chi connectivity index (χ2v) is 11.1. The molecule has 0 atom stereocenters. The van der Waals surface area contributed by atoms with Gasteiger partial charge < -0.3 is 15.0 Å². The molecule has 1 aliphatic heterocycles. The minimum absolute atomic E-state index is 0.295. The van der Waals surface area contributed by atoms with E-state index in [2.05, 4.69) is 20.2 Å². The minimum Gasteiger partial charge on any atom is -0.378 e. The molecule has 0 spiro atoms. The average molecular weight is 497 g/mol. The number of anilines is 2. The lowest BCUT2D eigenvalue weighted by molar-refractivity contribution is 0.122. The van der Waals surface area contributed by atoms with E-state index in [4.69, 9.17) is 14.7 Å². The number of hydrogen-bond acceptors (Lipinski definition) is 10. The summed E-state index contributed by atoms with van der Waals surface area (Å²) < 4.78 is 30.8. The molecule has 176 valence electrons. The molecule has 1 aliphatic rings. The molecule has 0 amide bonds. The smallest absolute Gasteiger partial charge is 0.222 e. The Morgan fingerprint density at radius 2 is 1.82 bits per heavy atom. The van der Waals surface area contributed by atoms with Gasteiger partial charge in [-0.05, 0) is 30.2 Å². The lowest BCUT2D eigenvalue weighted by Crippen LogP contribution is -2.36. The van der Waals surface area contributed by atoms with Crippen LogP contribution in [0.15, 0.2) is 41.6 Å². The van der Waals surface area contributed by atoms with Crippen LogP contribution in [-0.4, -0.2) is 68.0 Å². The number of rotatable bonds is 5. The van der Waals surface area contributed by atoms with E-state index in [1.807, 2.05) is 13.0 Å². The fourth-order valence-electron chi connectivity index (χ4n) is 3.91. The van der Waals surface area contributed by atoms with Crippen molar-refractivity contribution in [2.75, 3.05) is 49.8 Å². The number of benzene rings is 1. The van der Waals surface area contributed by atoms with Crippen LogP contribution in [0.3, 0.4) is 0 Å². The molecule has 0 bridgehead atoms. The maximum atomic E-state index is 12.1. The molecule has 34 heavy (non-hydrogen) atoms. The number of fused-ring (bicyclic) bond motifs is 1. The van der Waals surface area contributed by atoms with Gasteiger partial charge in [0.05, 0.1) is 33.9 Å². The number of aryl methyl sites for hydroxylation is 1. The molecule has 1 aromatic carbocycles. The fourth-order valence-corrected chi connectivity index (χ4v) is 5.83. The first-order valence-electron chi connectivity index (χ1n) is 10.8. The topological polar surface area (TPSA) is 110 Å². The molecule has 4 heterocycles. The van der Waals surface area contributed by atoms with Gasteiger partial charge in [-0.25, -0.2) is 28.4 Å². The van der Waals surface area contributed by atoms with Gasteiger partial charge in [0.25, 0.3) is 0 Å². The Morgan fingerprint density at radius 3 is 2.50 bits per heavy atom. The SMILES string of the molecule is CNc1ncc(-c2nc(N3CCOCC3)c3sc(-c4cccc(S(C)(=O)=O)c4)c(C)c3n2)cn1. The van der Waals surface area contributed by atoms with Gasteiger partial charge in [0.2, 0.25) is 5.95 Å². The summed E-state index contributed by atoms with van der Waals surface area (Å²) >= 11 is 1.58. The van der Waals surface area contributed by atoms with Crippen molar-refractivity contribution in [3.63, 3.8) is 0 Å². The number of aromatic nitrogens is 4. The summed E-state index contributed by atoms with van der Waals surface area (Å²) in [7, 11) is -1.55. The Balaban J connectivity index is 1.71. The molecule has 1 saturated heterocycles. The third-order valence-corrected chi connectivity index (χ3v) is 8.15. The quantitative estimate of drug-likeness (QED) is 0.444. The number of ether oxygens (including phenoxy) is 1. The lowest BCUT2D eigenvalue weighted by Gasteiger charge is -2.28. The molecule has 1 fully saturated rings. The molecular weight excluding hydrogens is 472 g/mol. The standard InChI is InChI=1S/C23H24N6O3S2/c1-14-18-20(33-19(14)15-5-4-6-17(11-15)34(3,30)31)22(29-7-9-32-10-8-29)28-21(27-18)16-12-25-23(24-2)26-13-16/h4-6,11-13H,7-10H2,1-3H3,(H,24,25,26). The molecule has 1 N–H and O–H groups in total. The highest BCUT2D eigenvalue weighted by molar-refractivity contribution is 7.90. The van der Waals surface area contributed by atoms with E-state index in [0.717, 1.165) is 50.7 Å². The number of nitrogens with zero attached hydrogens (tertiary/aromatic N) is 5. The number of sulfone groups is 1. The predicted molar refractivity (Wildman–Crippen MR) is 134 cm³/mol. The average Bonchev–Trinajstić information content (AvgIpc) is 3.20. The van der Waals surface area contributed by atoms with Crippen LogP contribution in [0.2, 0.25) is 0 Å². The van der Waals surface area contributed by atoms with Crippen LogP contribution in [0.4, 0.5) is 11.8 Å². The maximum Gasteiger partial charge on any atom is 0.222 e. The third-order valence-electron chi connectivity index (χ3n) is 5.72. The summed E-state index contributed by atoms with van der Waals surface area (Å²) in [5, 5.41) is 2.92. The zero-order valence-electron chi connectivity index (χ0n) is 19.1. The maximum absolute atomic E-state index is 12.1. The van der Waals surface area contributed by atoms with E-state index < -0.39 is 9.84 Å². The van der Waals surface area contributed by atoms with Crippen LogP contribution in [0.5, 0.6) is 0 Å². The first-order valence-corrected chi connectivity index (χ1v) is 13.5. The van der Waals surface area contributed by atoms with E-state index in [1.54, 1.807) is 49.0 Å². The monoisotopic (exact) mass is 496 g/mol. The molecule has 0 unspecified atom stereocenters. The molecule has 11 heteroatoms. The van der Waals surface area contributed by atoms with Gasteiger partial charge in [-0.3, -0.25) is 0 Å². The molecular formula is C23H24N6O3S2.